The van der Waals surface area contributed by atoms with Crippen LogP contribution in [0.2, 0.25) is 0 Å². The van der Waals surface area contributed by atoms with Crippen LogP contribution in [0.1, 0.15) is 22.6 Å². The van der Waals surface area contributed by atoms with Crippen LogP contribution in [0.15, 0.2) is 64.2 Å². The van der Waals surface area contributed by atoms with Crippen molar-refractivity contribution in [1.29, 1.82) is 0 Å². The monoisotopic (exact) mass is 373 g/mol. The highest BCUT2D eigenvalue weighted by Gasteiger charge is 2.32. The van der Waals surface area contributed by atoms with E-state index in [9.17, 15) is 19.8 Å². The summed E-state index contributed by atoms with van der Waals surface area (Å²) in [7, 11) is 0. The molecule has 2 heterocycles. The normalized spacial score (nSPS) is 14.9. The van der Waals surface area contributed by atoms with Gasteiger partial charge in [0.25, 0.3) is 5.56 Å². The summed E-state index contributed by atoms with van der Waals surface area (Å²) in [5, 5.41) is 24.9. The molecule has 1 aliphatic heterocycles. The van der Waals surface area contributed by atoms with Gasteiger partial charge in [-0.2, -0.15) is 0 Å². The molecule has 1 aromatic heterocycles. The molecule has 4 aromatic rings. The van der Waals surface area contributed by atoms with Gasteiger partial charge >= 0.3 is 5.69 Å². The van der Waals surface area contributed by atoms with Crippen molar-refractivity contribution in [2.75, 3.05) is 5.32 Å². The molecule has 1 atom stereocenters. The van der Waals surface area contributed by atoms with Gasteiger partial charge < -0.3 is 15.5 Å². The standard InChI is InChI=1S/C21H15N3O4/c25-14-8-6-11(9-15(14)26)16-17-12-4-2-1-3-10(12)5-7-13(17)22-19-18(16)20(27)24-21(28)23-19/h1-9,16,25-26H,(H3,22,23,24,27,28). The molecule has 1 aliphatic rings. The van der Waals surface area contributed by atoms with Gasteiger partial charge in [0.15, 0.2) is 11.5 Å². The van der Waals surface area contributed by atoms with Crippen LogP contribution < -0.4 is 16.6 Å². The molecule has 0 aliphatic carbocycles. The molecule has 0 spiro atoms. The summed E-state index contributed by atoms with van der Waals surface area (Å²) in [5.74, 6) is -0.759. The summed E-state index contributed by atoms with van der Waals surface area (Å²) >= 11 is 0. The molecular formula is C21H15N3O4. The lowest BCUT2D eigenvalue weighted by Crippen LogP contribution is -2.31. The Kier molecular flexibility index (Phi) is 3.33. The zero-order chi connectivity index (χ0) is 19.4. The van der Waals surface area contributed by atoms with Gasteiger partial charge in [-0.05, 0) is 40.1 Å². The van der Waals surface area contributed by atoms with Crippen LogP contribution >= 0.6 is 0 Å². The Bertz CT molecular complexity index is 1370. The minimum Gasteiger partial charge on any atom is -0.504 e. The number of aromatic hydroxyl groups is 2. The third-order valence-corrected chi connectivity index (χ3v) is 5.12. The summed E-state index contributed by atoms with van der Waals surface area (Å²) < 4.78 is 0. The van der Waals surface area contributed by atoms with Crippen LogP contribution in [0.5, 0.6) is 11.5 Å². The van der Waals surface area contributed by atoms with Gasteiger partial charge in [-0.1, -0.05) is 36.4 Å². The van der Waals surface area contributed by atoms with Crippen molar-refractivity contribution in [1.82, 2.24) is 9.97 Å². The molecule has 7 nitrogen and oxygen atoms in total. The Balaban J connectivity index is 1.91. The van der Waals surface area contributed by atoms with Crippen LogP contribution in [0.3, 0.4) is 0 Å². The van der Waals surface area contributed by atoms with E-state index in [4.69, 9.17) is 0 Å². The second kappa shape index (κ2) is 5.75. The minimum absolute atomic E-state index is 0.244. The second-order valence-electron chi connectivity index (χ2n) is 6.75. The van der Waals surface area contributed by atoms with E-state index in [-0.39, 0.29) is 11.5 Å². The number of H-pyrrole nitrogens is 2. The summed E-state index contributed by atoms with van der Waals surface area (Å²) in [6.07, 6.45) is 0. The maximum Gasteiger partial charge on any atom is 0.327 e. The second-order valence-corrected chi connectivity index (χ2v) is 6.75. The summed E-state index contributed by atoms with van der Waals surface area (Å²) in [6.45, 7) is 0. The van der Waals surface area contributed by atoms with Crippen molar-refractivity contribution in [3.63, 3.8) is 0 Å². The van der Waals surface area contributed by atoms with Crippen LogP contribution in [-0.2, 0) is 0 Å². The predicted octanol–water partition coefficient (Wildman–Crippen LogP) is 2.86. The topological polar surface area (TPSA) is 118 Å². The fourth-order valence-electron chi connectivity index (χ4n) is 3.92. The van der Waals surface area contributed by atoms with E-state index < -0.39 is 17.2 Å². The van der Waals surface area contributed by atoms with Gasteiger partial charge in [0.05, 0.1) is 5.56 Å². The van der Waals surface area contributed by atoms with Crippen molar-refractivity contribution in [3.8, 4) is 11.5 Å². The number of aromatic amines is 2. The largest absolute Gasteiger partial charge is 0.504 e. The van der Waals surface area contributed by atoms with E-state index in [0.29, 0.717) is 16.9 Å². The highest BCUT2D eigenvalue weighted by molar-refractivity contribution is 5.94. The molecule has 28 heavy (non-hydrogen) atoms. The summed E-state index contributed by atoms with van der Waals surface area (Å²) in [6, 6.07) is 16.1. The van der Waals surface area contributed by atoms with Gasteiger partial charge in [0.1, 0.15) is 5.82 Å². The fraction of sp³-hybridized carbons (Fsp3) is 0.0476. The number of hydrogen-bond acceptors (Lipinski definition) is 5. The predicted molar refractivity (Wildman–Crippen MR) is 106 cm³/mol. The van der Waals surface area contributed by atoms with Gasteiger partial charge in [-0.15, -0.1) is 0 Å². The third kappa shape index (κ3) is 2.30. The van der Waals surface area contributed by atoms with E-state index in [2.05, 4.69) is 15.3 Å². The molecule has 0 amide bonds. The van der Waals surface area contributed by atoms with E-state index in [1.807, 2.05) is 36.4 Å². The molecule has 5 N–H and O–H groups in total. The Hall–Kier alpha value is -4.00. The summed E-state index contributed by atoms with van der Waals surface area (Å²) in [5.41, 5.74) is 1.45. The first-order valence-electron chi connectivity index (χ1n) is 8.70. The maximum atomic E-state index is 12.7. The number of anilines is 2. The number of aromatic nitrogens is 2. The van der Waals surface area contributed by atoms with Crippen molar-refractivity contribution in [2.45, 2.75) is 5.92 Å². The number of fused-ring (bicyclic) bond motifs is 4. The zero-order valence-corrected chi connectivity index (χ0v) is 14.5. The van der Waals surface area contributed by atoms with Gasteiger partial charge in [0.2, 0.25) is 0 Å². The quantitative estimate of drug-likeness (QED) is 0.290. The number of phenols is 2. The maximum absolute atomic E-state index is 12.7. The molecule has 0 fully saturated rings. The minimum atomic E-state index is -0.604. The molecule has 0 bridgehead atoms. The lowest BCUT2D eigenvalue weighted by atomic mass is 9.80. The van der Waals surface area contributed by atoms with Crippen LogP contribution in [-0.4, -0.2) is 20.2 Å². The molecular weight excluding hydrogens is 358 g/mol. The SMILES string of the molecule is O=c1[nH]c2c(c(=O)[nH]1)C(c1ccc(O)c(O)c1)c1c(ccc3ccccc13)N2. The number of nitrogens with one attached hydrogen (secondary N) is 3. The molecule has 138 valence electrons. The van der Waals surface area contributed by atoms with E-state index in [0.717, 1.165) is 22.0 Å². The number of rotatable bonds is 1. The van der Waals surface area contributed by atoms with Crippen LogP contribution in [0.25, 0.3) is 10.8 Å². The Morgan fingerprint density at radius 2 is 1.64 bits per heavy atom. The van der Waals surface area contributed by atoms with Crippen LogP contribution in [0.4, 0.5) is 11.5 Å². The van der Waals surface area contributed by atoms with Crippen molar-refractivity contribution in [3.05, 3.63) is 92.1 Å². The Morgan fingerprint density at radius 3 is 2.46 bits per heavy atom. The van der Waals surface area contributed by atoms with E-state index in [1.165, 1.54) is 12.1 Å². The van der Waals surface area contributed by atoms with Crippen molar-refractivity contribution >= 4 is 22.3 Å². The van der Waals surface area contributed by atoms with Crippen molar-refractivity contribution < 1.29 is 10.2 Å². The third-order valence-electron chi connectivity index (χ3n) is 5.12. The lowest BCUT2D eigenvalue weighted by molar-refractivity contribution is 0.403. The average molecular weight is 373 g/mol. The fourth-order valence-corrected chi connectivity index (χ4v) is 3.92. The van der Waals surface area contributed by atoms with E-state index in [1.54, 1.807) is 6.07 Å². The first-order chi connectivity index (χ1) is 13.5. The molecule has 0 saturated heterocycles. The first kappa shape index (κ1) is 16.2. The molecule has 7 heteroatoms. The molecule has 1 unspecified atom stereocenters. The van der Waals surface area contributed by atoms with Gasteiger partial charge in [0, 0.05) is 11.6 Å². The van der Waals surface area contributed by atoms with Gasteiger partial charge in [-0.25, -0.2) is 4.79 Å². The highest BCUT2D eigenvalue weighted by atomic mass is 16.3. The molecule has 3 aromatic carbocycles. The Morgan fingerprint density at radius 1 is 0.821 bits per heavy atom. The van der Waals surface area contributed by atoms with Crippen LogP contribution in [0, 0.1) is 0 Å². The number of phenolic OH excluding ortho intramolecular Hbond substituents is 2. The zero-order valence-electron chi connectivity index (χ0n) is 14.5. The Labute approximate surface area is 157 Å². The first-order valence-corrected chi connectivity index (χ1v) is 8.70. The molecule has 0 radical (unpaired) electrons. The molecule has 5 rings (SSSR count). The average Bonchev–Trinajstić information content (AvgIpc) is 2.68. The lowest BCUT2D eigenvalue weighted by Gasteiger charge is -2.29. The van der Waals surface area contributed by atoms with Crippen molar-refractivity contribution in [2.24, 2.45) is 0 Å². The van der Waals surface area contributed by atoms with Gasteiger partial charge in [-0.3, -0.25) is 14.8 Å². The summed E-state index contributed by atoms with van der Waals surface area (Å²) in [4.78, 5) is 29.5. The number of benzene rings is 3. The smallest absolute Gasteiger partial charge is 0.327 e. The highest BCUT2D eigenvalue weighted by Crippen LogP contribution is 2.46. The molecule has 0 saturated carbocycles. The van der Waals surface area contributed by atoms with E-state index >= 15 is 0 Å². The number of hydrogen-bond donors (Lipinski definition) is 5.